The van der Waals surface area contributed by atoms with Gasteiger partial charge >= 0.3 is 11.9 Å². The summed E-state index contributed by atoms with van der Waals surface area (Å²) in [5.74, 6) is 0.0731. The fourth-order valence-corrected chi connectivity index (χ4v) is 5.08. The average molecular weight is 519 g/mol. The van der Waals surface area contributed by atoms with E-state index in [1.54, 1.807) is 6.33 Å². The van der Waals surface area contributed by atoms with Crippen molar-refractivity contribution in [3.05, 3.63) is 53.9 Å². The predicted octanol–water partition coefficient (Wildman–Crippen LogP) is 7.32. The number of unbranched alkanes of at least 4 members (excludes halogenated alkanes) is 3. The van der Waals surface area contributed by atoms with Crippen molar-refractivity contribution in [2.45, 2.75) is 90.1 Å². The number of carboxylic acids is 1. The highest BCUT2D eigenvalue weighted by Gasteiger charge is 2.26. The fourth-order valence-electron chi connectivity index (χ4n) is 5.08. The molecule has 0 atom stereocenters. The van der Waals surface area contributed by atoms with Gasteiger partial charge in [-0.1, -0.05) is 31.7 Å². The number of rotatable bonds is 11. The summed E-state index contributed by atoms with van der Waals surface area (Å²) in [7, 11) is 0. The lowest BCUT2D eigenvalue weighted by molar-refractivity contribution is -0.137. The SMILES string of the molecule is CC(C)(C)OC(=O)c1ccc(-c2ncnc3cc(OCCCCCCC(=O)O)ccc23)cc1C1CCCC1. The molecule has 3 aromatic rings. The van der Waals surface area contributed by atoms with Gasteiger partial charge in [0, 0.05) is 23.4 Å². The Bertz CT molecular complexity index is 1270. The first-order valence-electron chi connectivity index (χ1n) is 13.7. The second-order valence-corrected chi connectivity index (χ2v) is 11.1. The summed E-state index contributed by atoms with van der Waals surface area (Å²) >= 11 is 0. The van der Waals surface area contributed by atoms with E-state index in [9.17, 15) is 9.59 Å². The number of benzene rings is 2. The Balaban J connectivity index is 1.53. The molecule has 0 unspecified atom stereocenters. The van der Waals surface area contributed by atoms with Gasteiger partial charge in [0.05, 0.1) is 23.4 Å². The van der Waals surface area contributed by atoms with Gasteiger partial charge in [-0.3, -0.25) is 4.79 Å². The maximum atomic E-state index is 13.0. The number of aliphatic carboxylic acids is 1. The van der Waals surface area contributed by atoms with Crippen molar-refractivity contribution in [1.29, 1.82) is 0 Å². The van der Waals surface area contributed by atoms with Gasteiger partial charge in [0.2, 0.25) is 0 Å². The molecule has 0 spiro atoms. The molecule has 0 aliphatic heterocycles. The standard InChI is InChI=1S/C31H38N2O5/c1-31(2,3)38-30(36)24-15-13-22(18-26(24)21-10-7-8-11-21)29-25-16-14-23(19-27(25)32-20-33-29)37-17-9-5-4-6-12-28(34)35/h13-16,18-21H,4-12,17H2,1-3H3,(H,34,35). The Labute approximate surface area is 224 Å². The van der Waals surface area contributed by atoms with Gasteiger partial charge in [-0.2, -0.15) is 0 Å². The van der Waals surface area contributed by atoms with E-state index in [2.05, 4.69) is 16.0 Å². The Morgan fingerprint density at radius 1 is 0.974 bits per heavy atom. The van der Waals surface area contributed by atoms with Crippen LogP contribution >= 0.6 is 0 Å². The van der Waals surface area contributed by atoms with Gasteiger partial charge in [-0.05, 0) is 82.2 Å². The first kappa shape index (κ1) is 27.6. The molecular formula is C31H38N2O5. The van der Waals surface area contributed by atoms with Crippen LogP contribution in [0.4, 0.5) is 0 Å². The van der Waals surface area contributed by atoms with Crippen LogP contribution in [0.15, 0.2) is 42.7 Å². The van der Waals surface area contributed by atoms with Crippen molar-refractivity contribution < 1.29 is 24.2 Å². The molecule has 0 saturated heterocycles. The molecule has 2 aromatic carbocycles. The number of fused-ring (bicyclic) bond motifs is 1. The second-order valence-electron chi connectivity index (χ2n) is 11.1. The quantitative estimate of drug-likeness (QED) is 0.210. The number of esters is 1. The highest BCUT2D eigenvalue weighted by atomic mass is 16.6. The van der Waals surface area contributed by atoms with E-state index in [0.29, 0.717) is 24.5 Å². The van der Waals surface area contributed by atoms with Gasteiger partial charge < -0.3 is 14.6 Å². The molecule has 0 radical (unpaired) electrons. The van der Waals surface area contributed by atoms with Crippen LogP contribution in [0.25, 0.3) is 22.2 Å². The number of hydrogen-bond acceptors (Lipinski definition) is 6. The third kappa shape index (κ3) is 7.30. The smallest absolute Gasteiger partial charge is 0.338 e. The average Bonchev–Trinajstić information content (AvgIpc) is 3.41. The molecule has 1 heterocycles. The number of nitrogens with zero attached hydrogens (tertiary/aromatic N) is 2. The highest BCUT2D eigenvalue weighted by Crippen LogP contribution is 2.39. The molecule has 7 heteroatoms. The lowest BCUT2D eigenvalue weighted by Crippen LogP contribution is -2.24. The van der Waals surface area contributed by atoms with E-state index in [1.165, 1.54) is 12.8 Å². The maximum absolute atomic E-state index is 13.0. The number of carbonyl (C=O) groups is 2. The van der Waals surface area contributed by atoms with Gasteiger partial charge in [-0.15, -0.1) is 0 Å². The molecule has 1 saturated carbocycles. The minimum atomic E-state index is -0.743. The molecule has 1 aliphatic carbocycles. The van der Waals surface area contributed by atoms with Crippen LogP contribution < -0.4 is 4.74 Å². The Morgan fingerprint density at radius 2 is 1.74 bits per heavy atom. The fraction of sp³-hybridized carbons (Fsp3) is 0.484. The normalized spacial score (nSPS) is 14.1. The topological polar surface area (TPSA) is 98.6 Å². The zero-order valence-corrected chi connectivity index (χ0v) is 22.7. The van der Waals surface area contributed by atoms with E-state index in [4.69, 9.17) is 14.6 Å². The highest BCUT2D eigenvalue weighted by molar-refractivity contribution is 5.95. The molecule has 0 bridgehead atoms. The monoisotopic (exact) mass is 518 g/mol. The van der Waals surface area contributed by atoms with E-state index < -0.39 is 11.6 Å². The van der Waals surface area contributed by atoms with Crippen LogP contribution in [-0.2, 0) is 9.53 Å². The minimum Gasteiger partial charge on any atom is -0.494 e. The molecule has 1 N–H and O–H groups in total. The zero-order valence-electron chi connectivity index (χ0n) is 22.7. The lowest BCUT2D eigenvalue weighted by atomic mass is 9.90. The number of carboxylic acid groups (broad SMARTS) is 1. The van der Waals surface area contributed by atoms with Gasteiger partial charge in [0.15, 0.2) is 0 Å². The molecule has 38 heavy (non-hydrogen) atoms. The number of hydrogen-bond donors (Lipinski definition) is 1. The second kappa shape index (κ2) is 12.4. The summed E-state index contributed by atoms with van der Waals surface area (Å²) in [5.41, 5.74) is 3.73. The first-order chi connectivity index (χ1) is 18.2. The van der Waals surface area contributed by atoms with Crippen molar-refractivity contribution in [2.75, 3.05) is 6.61 Å². The molecule has 1 fully saturated rings. The van der Waals surface area contributed by atoms with Crippen molar-refractivity contribution in [1.82, 2.24) is 9.97 Å². The van der Waals surface area contributed by atoms with Crippen LogP contribution in [0.3, 0.4) is 0 Å². The van der Waals surface area contributed by atoms with Crippen LogP contribution in [-0.4, -0.2) is 39.2 Å². The number of aromatic nitrogens is 2. The van der Waals surface area contributed by atoms with Crippen molar-refractivity contribution in [3.63, 3.8) is 0 Å². The molecule has 1 aliphatic rings. The summed E-state index contributed by atoms with van der Waals surface area (Å²) in [5, 5.41) is 9.65. The summed E-state index contributed by atoms with van der Waals surface area (Å²) < 4.78 is 11.6. The van der Waals surface area contributed by atoms with Crippen molar-refractivity contribution in [2.24, 2.45) is 0 Å². The Kier molecular flexibility index (Phi) is 8.97. The van der Waals surface area contributed by atoms with Crippen LogP contribution in [0.1, 0.15) is 100 Å². The van der Waals surface area contributed by atoms with E-state index in [0.717, 1.165) is 65.6 Å². The van der Waals surface area contributed by atoms with Gasteiger partial charge in [-0.25, -0.2) is 14.8 Å². The van der Waals surface area contributed by atoms with Crippen molar-refractivity contribution in [3.8, 4) is 17.0 Å². The molecule has 7 nitrogen and oxygen atoms in total. The van der Waals surface area contributed by atoms with Crippen LogP contribution in [0.5, 0.6) is 5.75 Å². The van der Waals surface area contributed by atoms with E-state index >= 15 is 0 Å². The molecule has 202 valence electrons. The number of carbonyl (C=O) groups excluding carboxylic acids is 1. The Hall–Kier alpha value is -3.48. The van der Waals surface area contributed by atoms with Crippen molar-refractivity contribution >= 4 is 22.8 Å². The van der Waals surface area contributed by atoms with Gasteiger partial charge in [0.25, 0.3) is 0 Å². The number of ether oxygens (including phenoxy) is 2. The van der Waals surface area contributed by atoms with Crippen LogP contribution in [0, 0.1) is 0 Å². The first-order valence-corrected chi connectivity index (χ1v) is 13.7. The largest absolute Gasteiger partial charge is 0.494 e. The summed E-state index contributed by atoms with van der Waals surface area (Å²) in [4.78, 5) is 32.7. The Morgan fingerprint density at radius 3 is 2.47 bits per heavy atom. The summed E-state index contributed by atoms with van der Waals surface area (Å²) in [6.07, 6.45) is 9.69. The maximum Gasteiger partial charge on any atom is 0.338 e. The minimum absolute atomic E-state index is 0.222. The molecule has 1 aromatic heterocycles. The molecule has 4 rings (SSSR count). The van der Waals surface area contributed by atoms with Gasteiger partial charge in [0.1, 0.15) is 17.7 Å². The molecule has 0 amide bonds. The predicted molar refractivity (Wildman–Crippen MR) is 148 cm³/mol. The lowest BCUT2D eigenvalue weighted by Gasteiger charge is -2.22. The van der Waals surface area contributed by atoms with E-state index in [1.807, 2.05) is 51.1 Å². The molecular weight excluding hydrogens is 480 g/mol. The zero-order chi connectivity index (χ0) is 27.1. The third-order valence-corrected chi connectivity index (χ3v) is 6.90. The summed E-state index contributed by atoms with van der Waals surface area (Å²) in [6.45, 7) is 6.25. The third-order valence-electron chi connectivity index (χ3n) is 6.90. The summed E-state index contributed by atoms with van der Waals surface area (Å²) in [6, 6.07) is 11.8. The van der Waals surface area contributed by atoms with Crippen LogP contribution in [0.2, 0.25) is 0 Å². The van der Waals surface area contributed by atoms with E-state index in [-0.39, 0.29) is 12.4 Å².